The summed E-state index contributed by atoms with van der Waals surface area (Å²) in [5.74, 6) is 0.211. The molecular weight excluding hydrogens is 572 g/mol. The molecule has 0 heterocycles. The number of rotatable bonds is 0. The number of hydrogen-bond acceptors (Lipinski definition) is 2. The molecule has 6 aromatic rings. The van der Waals surface area contributed by atoms with Crippen LogP contribution < -0.4 is 0 Å². The van der Waals surface area contributed by atoms with Crippen LogP contribution in [0.1, 0.15) is 81.8 Å². The maximum Gasteiger partial charge on any atom is 0.182 e. The van der Waals surface area contributed by atoms with E-state index in [9.17, 15) is 4.79 Å². The highest BCUT2D eigenvalue weighted by atomic mass is 16.1. The standard InChI is InChI=1S/C45H32O2/c1-43(2)35-17-9-6-15-27(35)31-21-34-29(23-39(31)43)26-14-7-11-19-37(26)45(42(34)47)38-20-12-8-16-28(38)32-22-33-30(24-40(32)45)25-13-5-10-18-36(25)44(3,4)41(33)46/h5-24H,1-4H3. The fraction of sp³-hybridized carbons (Fsp3) is 0.156. The lowest BCUT2D eigenvalue weighted by Crippen LogP contribution is -2.40. The van der Waals surface area contributed by atoms with Crippen molar-refractivity contribution in [1.82, 2.24) is 0 Å². The number of hydrogen-bond donors (Lipinski definition) is 0. The molecule has 1 unspecified atom stereocenters. The highest BCUT2D eigenvalue weighted by molar-refractivity contribution is 6.22. The number of carbonyl (C=O) groups is 2. The van der Waals surface area contributed by atoms with Crippen molar-refractivity contribution in [2.24, 2.45) is 0 Å². The molecule has 10 rings (SSSR count). The summed E-state index contributed by atoms with van der Waals surface area (Å²) in [4.78, 5) is 29.9. The summed E-state index contributed by atoms with van der Waals surface area (Å²) in [7, 11) is 0. The normalized spacial score (nSPS) is 19.6. The molecule has 2 heteroatoms. The third-order valence-electron chi connectivity index (χ3n) is 11.8. The zero-order valence-electron chi connectivity index (χ0n) is 26.9. The molecule has 0 aromatic heterocycles. The lowest BCUT2D eigenvalue weighted by molar-refractivity contribution is 0.0906. The highest BCUT2D eigenvalue weighted by Gasteiger charge is 2.55. The van der Waals surface area contributed by atoms with E-state index in [2.05, 4.69) is 111 Å². The Morgan fingerprint density at radius 3 is 1.28 bits per heavy atom. The van der Waals surface area contributed by atoms with Gasteiger partial charge in [0.2, 0.25) is 0 Å². The van der Waals surface area contributed by atoms with Crippen molar-refractivity contribution in [1.29, 1.82) is 0 Å². The molecule has 0 fully saturated rings. The number of ketones is 2. The summed E-state index contributed by atoms with van der Waals surface area (Å²) < 4.78 is 0. The first-order valence-electron chi connectivity index (χ1n) is 16.5. The van der Waals surface area contributed by atoms with Crippen molar-refractivity contribution in [3.05, 3.63) is 166 Å². The van der Waals surface area contributed by atoms with Crippen molar-refractivity contribution in [2.45, 2.75) is 43.9 Å². The van der Waals surface area contributed by atoms with Gasteiger partial charge in [0.1, 0.15) is 5.41 Å². The van der Waals surface area contributed by atoms with Gasteiger partial charge in [-0.3, -0.25) is 9.59 Å². The molecule has 0 aliphatic heterocycles. The van der Waals surface area contributed by atoms with Crippen molar-refractivity contribution in [3.63, 3.8) is 0 Å². The van der Waals surface area contributed by atoms with E-state index in [1.165, 1.54) is 16.7 Å². The van der Waals surface area contributed by atoms with E-state index in [4.69, 9.17) is 0 Å². The van der Waals surface area contributed by atoms with Crippen LogP contribution in [-0.4, -0.2) is 11.6 Å². The van der Waals surface area contributed by atoms with E-state index >= 15 is 4.79 Å². The molecule has 0 saturated heterocycles. The fourth-order valence-corrected chi connectivity index (χ4v) is 9.52. The van der Waals surface area contributed by atoms with Crippen LogP contribution in [0.4, 0.5) is 0 Å². The van der Waals surface area contributed by atoms with Crippen LogP contribution in [0, 0.1) is 0 Å². The molecule has 0 N–H and O–H groups in total. The average molecular weight is 605 g/mol. The minimum Gasteiger partial charge on any atom is -0.293 e. The molecule has 0 saturated carbocycles. The van der Waals surface area contributed by atoms with E-state index in [-0.39, 0.29) is 17.0 Å². The van der Waals surface area contributed by atoms with Crippen molar-refractivity contribution in [3.8, 4) is 44.5 Å². The van der Waals surface area contributed by atoms with Crippen molar-refractivity contribution in [2.75, 3.05) is 0 Å². The maximum atomic E-state index is 15.7. The van der Waals surface area contributed by atoms with Gasteiger partial charge in [0.05, 0.1) is 5.41 Å². The largest absolute Gasteiger partial charge is 0.293 e. The number of fused-ring (bicyclic) bond motifs is 15. The topological polar surface area (TPSA) is 34.1 Å². The summed E-state index contributed by atoms with van der Waals surface area (Å²) in [5, 5.41) is 0. The molecular formula is C45H32O2. The molecule has 4 aliphatic carbocycles. The van der Waals surface area contributed by atoms with Crippen LogP contribution in [0.5, 0.6) is 0 Å². The number of carbonyl (C=O) groups excluding carboxylic acids is 2. The first kappa shape index (κ1) is 26.8. The van der Waals surface area contributed by atoms with Gasteiger partial charge in [-0.05, 0) is 116 Å². The lowest BCUT2D eigenvalue weighted by atomic mass is 9.60. The van der Waals surface area contributed by atoms with Gasteiger partial charge in [-0.1, -0.05) is 111 Å². The molecule has 2 nitrogen and oxygen atoms in total. The second-order valence-electron chi connectivity index (χ2n) is 14.7. The monoisotopic (exact) mass is 604 g/mol. The predicted octanol–water partition coefficient (Wildman–Crippen LogP) is 10.3. The van der Waals surface area contributed by atoms with E-state index in [1.807, 2.05) is 38.1 Å². The number of benzene rings is 6. The molecule has 47 heavy (non-hydrogen) atoms. The Balaban J connectivity index is 1.32. The quantitative estimate of drug-likeness (QED) is 0.173. The SMILES string of the molecule is CC1(C)C(=O)c2cc3c(cc2-c2ccccc21)C1(C(=O)c2cc4c(cc2-c2ccccc21)C(C)(C)c1ccccc1-4)c1ccccc1-3. The molecule has 4 aliphatic rings. The third-order valence-corrected chi connectivity index (χ3v) is 11.8. The molecule has 1 atom stereocenters. The average Bonchev–Trinajstić information content (AvgIpc) is 3.50. The predicted molar refractivity (Wildman–Crippen MR) is 188 cm³/mol. The van der Waals surface area contributed by atoms with Gasteiger partial charge in [0.25, 0.3) is 0 Å². The second kappa shape index (κ2) is 8.52. The van der Waals surface area contributed by atoms with E-state index < -0.39 is 10.8 Å². The van der Waals surface area contributed by atoms with E-state index in [0.29, 0.717) is 0 Å². The zero-order valence-corrected chi connectivity index (χ0v) is 26.9. The van der Waals surface area contributed by atoms with Crippen molar-refractivity contribution < 1.29 is 9.59 Å². The molecule has 6 aromatic carbocycles. The Morgan fingerprint density at radius 2 is 0.702 bits per heavy atom. The first-order valence-corrected chi connectivity index (χ1v) is 16.5. The van der Waals surface area contributed by atoms with Gasteiger partial charge in [-0.2, -0.15) is 0 Å². The van der Waals surface area contributed by atoms with Crippen LogP contribution in [0.25, 0.3) is 44.5 Å². The van der Waals surface area contributed by atoms with E-state index in [0.717, 1.165) is 72.3 Å². The second-order valence-corrected chi connectivity index (χ2v) is 14.7. The summed E-state index contributed by atoms with van der Waals surface area (Å²) in [6.45, 7) is 8.62. The van der Waals surface area contributed by atoms with Crippen molar-refractivity contribution >= 4 is 11.6 Å². The first-order chi connectivity index (χ1) is 22.7. The minimum atomic E-state index is -1.04. The van der Waals surface area contributed by atoms with Crippen LogP contribution in [-0.2, 0) is 16.2 Å². The Labute approximate surface area is 274 Å². The Kier molecular flexibility index (Phi) is 4.86. The summed E-state index contributed by atoms with van der Waals surface area (Å²) in [6.07, 6.45) is 0. The molecule has 0 radical (unpaired) electrons. The Morgan fingerprint density at radius 1 is 0.319 bits per heavy atom. The van der Waals surface area contributed by atoms with Gasteiger partial charge in [0.15, 0.2) is 11.6 Å². The Bertz CT molecular complexity index is 2460. The van der Waals surface area contributed by atoms with Gasteiger partial charge >= 0.3 is 0 Å². The Hall–Kier alpha value is -5.34. The summed E-state index contributed by atoms with van der Waals surface area (Å²) >= 11 is 0. The zero-order chi connectivity index (χ0) is 32.0. The van der Waals surface area contributed by atoms with E-state index in [1.54, 1.807) is 0 Å². The van der Waals surface area contributed by atoms with Gasteiger partial charge < -0.3 is 0 Å². The maximum absolute atomic E-state index is 15.7. The van der Waals surface area contributed by atoms with Crippen LogP contribution >= 0.6 is 0 Å². The van der Waals surface area contributed by atoms with Crippen LogP contribution in [0.2, 0.25) is 0 Å². The van der Waals surface area contributed by atoms with Gasteiger partial charge in [-0.15, -0.1) is 0 Å². The highest BCUT2D eigenvalue weighted by Crippen LogP contribution is 2.61. The molecule has 0 amide bonds. The smallest absolute Gasteiger partial charge is 0.182 e. The molecule has 0 bridgehead atoms. The minimum absolute atomic E-state index is 0.0955. The molecule has 224 valence electrons. The lowest BCUT2D eigenvalue weighted by Gasteiger charge is -2.39. The van der Waals surface area contributed by atoms with Gasteiger partial charge in [-0.25, -0.2) is 0 Å². The van der Waals surface area contributed by atoms with Crippen LogP contribution in [0.3, 0.4) is 0 Å². The fourth-order valence-electron chi connectivity index (χ4n) is 9.52. The number of Topliss-reactive ketones (excluding diaryl/α,β-unsaturated/α-hetero) is 2. The van der Waals surface area contributed by atoms with Crippen LogP contribution in [0.15, 0.2) is 121 Å². The molecule has 1 spiro atoms. The third kappa shape index (κ3) is 2.99. The summed E-state index contributed by atoms with van der Waals surface area (Å²) in [6, 6.07) is 42.4. The summed E-state index contributed by atoms with van der Waals surface area (Å²) in [5.41, 5.74) is 14.6. The van der Waals surface area contributed by atoms with Gasteiger partial charge in [0, 0.05) is 16.5 Å².